The fraction of sp³-hybridized carbons (Fsp3) is 0.600. The SMILES string of the molecule is CCOCC(CNC1CC1)Cc1cccc(Br)c1. The molecule has 0 amide bonds. The standard InChI is InChI=1S/C15H22BrNO/c1-2-18-11-13(10-17-15-6-7-15)8-12-4-3-5-14(16)9-12/h3-5,9,13,15,17H,2,6-8,10-11H2,1H3. The highest BCUT2D eigenvalue weighted by atomic mass is 79.9. The Hall–Kier alpha value is -0.380. The van der Waals surface area contributed by atoms with Crippen LogP contribution in [0.15, 0.2) is 28.7 Å². The lowest BCUT2D eigenvalue weighted by Crippen LogP contribution is -2.29. The van der Waals surface area contributed by atoms with E-state index in [1.54, 1.807) is 0 Å². The highest BCUT2D eigenvalue weighted by molar-refractivity contribution is 9.10. The van der Waals surface area contributed by atoms with Gasteiger partial charge in [0.2, 0.25) is 0 Å². The second-order valence-corrected chi connectivity index (χ2v) is 5.96. The summed E-state index contributed by atoms with van der Waals surface area (Å²) >= 11 is 3.53. The zero-order valence-electron chi connectivity index (χ0n) is 11.0. The molecule has 1 fully saturated rings. The van der Waals surface area contributed by atoms with Crippen LogP contribution in [0.5, 0.6) is 0 Å². The molecule has 2 nitrogen and oxygen atoms in total. The van der Waals surface area contributed by atoms with E-state index >= 15 is 0 Å². The molecule has 0 aliphatic heterocycles. The molecule has 1 aliphatic carbocycles. The van der Waals surface area contributed by atoms with Crippen molar-refractivity contribution in [3.05, 3.63) is 34.3 Å². The fourth-order valence-electron chi connectivity index (χ4n) is 2.09. The highest BCUT2D eigenvalue weighted by Crippen LogP contribution is 2.20. The summed E-state index contributed by atoms with van der Waals surface area (Å²) in [5, 5.41) is 3.61. The molecule has 1 aromatic carbocycles. The Kier molecular flexibility index (Phi) is 5.67. The van der Waals surface area contributed by atoms with Crippen LogP contribution in [-0.2, 0) is 11.2 Å². The molecule has 1 aromatic rings. The number of hydrogen-bond acceptors (Lipinski definition) is 2. The van der Waals surface area contributed by atoms with Gasteiger partial charge in [0.05, 0.1) is 6.61 Å². The Morgan fingerprint density at radius 1 is 1.44 bits per heavy atom. The van der Waals surface area contributed by atoms with E-state index in [1.165, 1.54) is 18.4 Å². The van der Waals surface area contributed by atoms with Gasteiger partial charge >= 0.3 is 0 Å². The lowest BCUT2D eigenvalue weighted by Gasteiger charge is -2.17. The van der Waals surface area contributed by atoms with Crippen molar-refractivity contribution in [2.24, 2.45) is 5.92 Å². The van der Waals surface area contributed by atoms with Crippen LogP contribution in [0.1, 0.15) is 25.3 Å². The van der Waals surface area contributed by atoms with Crippen LogP contribution >= 0.6 is 15.9 Å². The van der Waals surface area contributed by atoms with Crippen LogP contribution in [0.4, 0.5) is 0 Å². The quantitative estimate of drug-likeness (QED) is 0.794. The van der Waals surface area contributed by atoms with Crippen LogP contribution in [0.3, 0.4) is 0 Å². The second kappa shape index (κ2) is 7.27. The molecule has 18 heavy (non-hydrogen) atoms. The molecule has 3 heteroatoms. The van der Waals surface area contributed by atoms with Crippen molar-refractivity contribution in [1.82, 2.24) is 5.32 Å². The van der Waals surface area contributed by atoms with Gasteiger partial charge in [0.1, 0.15) is 0 Å². The summed E-state index contributed by atoms with van der Waals surface area (Å²) in [5.74, 6) is 0.569. The molecule has 1 saturated carbocycles. The molecule has 100 valence electrons. The largest absolute Gasteiger partial charge is 0.381 e. The Labute approximate surface area is 118 Å². The minimum absolute atomic E-state index is 0.569. The number of hydrogen-bond donors (Lipinski definition) is 1. The van der Waals surface area contributed by atoms with Gasteiger partial charge in [-0.15, -0.1) is 0 Å². The number of benzene rings is 1. The summed E-state index contributed by atoms with van der Waals surface area (Å²) in [6.07, 6.45) is 3.77. The Bertz CT molecular complexity index is 365. The van der Waals surface area contributed by atoms with Crippen LogP contribution in [-0.4, -0.2) is 25.8 Å². The first-order valence-corrected chi connectivity index (χ1v) is 7.62. The third kappa shape index (κ3) is 5.09. The van der Waals surface area contributed by atoms with Gasteiger partial charge in [-0.1, -0.05) is 28.1 Å². The third-order valence-electron chi connectivity index (χ3n) is 3.24. The molecular formula is C15H22BrNO. The van der Waals surface area contributed by atoms with Crippen LogP contribution in [0.2, 0.25) is 0 Å². The van der Waals surface area contributed by atoms with Crippen molar-refractivity contribution in [2.45, 2.75) is 32.2 Å². The van der Waals surface area contributed by atoms with Gasteiger partial charge in [-0.05, 0) is 49.8 Å². The molecule has 0 aromatic heterocycles. The first kappa shape index (κ1) is 14.0. The minimum atomic E-state index is 0.569. The van der Waals surface area contributed by atoms with E-state index in [-0.39, 0.29) is 0 Å². The highest BCUT2D eigenvalue weighted by Gasteiger charge is 2.22. The Morgan fingerprint density at radius 2 is 2.28 bits per heavy atom. The second-order valence-electron chi connectivity index (χ2n) is 5.04. The fourth-order valence-corrected chi connectivity index (χ4v) is 2.54. The molecule has 1 N–H and O–H groups in total. The van der Waals surface area contributed by atoms with Crippen molar-refractivity contribution in [3.8, 4) is 0 Å². The van der Waals surface area contributed by atoms with E-state index in [1.807, 2.05) is 0 Å². The first-order chi connectivity index (χ1) is 8.78. The van der Waals surface area contributed by atoms with E-state index in [2.05, 4.69) is 52.4 Å². The smallest absolute Gasteiger partial charge is 0.0509 e. The molecule has 0 radical (unpaired) electrons. The lowest BCUT2D eigenvalue weighted by molar-refractivity contribution is 0.109. The van der Waals surface area contributed by atoms with Gasteiger partial charge < -0.3 is 10.1 Å². The Balaban J connectivity index is 1.85. The monoisotopic (exact) mass is 311 g/mol. The van der Waals surface area contributed by atoms with Crippen LogP contribution in [0, 0.1) is 5.92 Å². The summed E-state index contributed by atoms with van der Waals surface area (Å²) in [5.41, 5.74) is 1.38. The molecule has 1 atom stereocenters. The molecule has 0 spiro atoms. The minimum Gasteiger partial charge on any atom is -0.381 e. The maximum Gasteiger partial charge on any atom is 0.0509 e. The summed E-state index contributed by atoms with van der Waals surface area (Å²) in [6, 6.07) is 9.35. The van der Waals surface area contributed by atoms with Gasteiger partial charge in [-0.3, -0.25) is 0 Å². The van der Waals surface area contributed by atoms with Crippen LogP contribution in [0.25, 0.3) is 0 Å². The zero-order valence-corrected chi connectivity index (χ0v) is 12.6. The average Bonchev–Trinajstić information content (AvgIpc) is 3.17. The van der Waals surface area contributed by atoms with E-state index in [0.29, 0.717) is 5.92 Å². The van der Waals surface area contributed by atoms with E-state index in [4.69, 9.17) is 4.74 Å². The predicted octanol–water partition coefficient (Wildman–Crippen LogP) is 3.40. The molecule has 0 bridgehead atoms. The molecule has 0 saturated heterocycles. The summed E-state index contributed by atoms with van der Waals surface area (Å²) in [7, 11) is 0. The van der Waals surface area contributed by atoms with Crippen molar-refractivity contribution in [1.29, 1.82) is 0 Å². The van der Waals surface area contributed by atoms with Crippen molar-refractivity contribution < 1.29 is 4.74 Å². The van der Waals surface area contributed by atoms with Crippen molar-refractivity contribution in [2.75, 3.05) is 19.8 Å². The summed E-state index contributed by atoms with van der Waals surface area (Å²) < 4.78 is 6.76. The first-order valence-electron chi connectivity index (χ1n) is 6.83. The van der Waals surface area contributed by atoms with Crippen molar-refractivity contribution >= 4 is 15.9 Å². The zero-order chi connectivity index (χ0) is 12.8. The van der Waals surface area contributed by atoms with Gasteiger partial charge in [-0.2, -0.15) is 0 Å². The van der Waals surface area contributed by atoms with Gasteiger partial charge in [0.15, 0.2) is 0 Å². The molecule has 0 heterocycles. The number of nitrogens with one attached hydrogen (secondary N) is 1. The third-order valence-corrected chi connectivity index (χ3v) is 3.74. The number of halogens is 1. The predicted molar refractivity (Wildman–Crippen MR) is 78.9 cm³/mol. The van der Waals surface area contributed by atoms with Gasteiger partial charge in [0, 0.05) is 23.7 Å². The normalized spacial score (nSPS) is 16.8. The summed E-state index contributed by atoms with van der Waals surface area (Å²) in [6.45, 7) is 4.78. The average molecular weight is 312 g/mol. The molecular weight excluding hydrogens is 290 g/mol. The van der Waals surface area contributed by atoms with Gasteiger partial charge in [0.25, 0.3) is 0 Å². The van der Waals surface area contributed by atoms with E-state index in [0.717, 1.165) is 36.7 Å². The van der Waals surface area contributed by atoms with E-state index in [9.17, 15) is 0 Å². The molecule has 1 unspecified atom stereocenters. The maximum absolute atomic E-state index is 5.60. The maximum atomic E-state index is 5.60. The lowest BCUT2D eigenvalue weighted by atomic mass is 10.00. The van der Waals surface area contributed by atoms with Gasteiger partial charge in [-0.25, -0.2) is 0 Å². The number of rotatable bonds is 8. The topological polar surface area (TPSA) is 21.3 Å². The number of ether oxygens (including phenoxy) is 1. The molecule has 2 rings (SSSR count). The molecule has 1 aliphatic rings. The van der Waals surface area contributed by atoms with E-state index < -0.39 is 0 Å². The Morgan fingerprint density at radius 3 is 2.94 bits per heavy atom. The summed E-state index contributed by atoms with van der Waals surface area (Å²) in [4.78, 5) is 0. The van der Waals surface area contributed by atoms with Crippen LogP contribution < -0.4 is 5.32 Å². The van der Waals surface area contributed by atoms with Crippen molar-refractivity contribution in [3.63, 3.8) is 0 Å².